The van der Waals surface area contributed by atoms with Crippen LogP contribution in [0.25, 0.3) is 0 Å². The van der Waals surface area contributed by atoms with Crippen LogP contribution in [0, 0.1) is 54.7 Å². The van der Waals surface area contributed by atoms with E-state index in [1.807, 2.05) is 0 Å². The van der Waals surface area contributed by atoms with E-state index in [2.05, 4.69) is 24.4 Å². The number of carbonyl (C=O) groups is 1. The molecule has 5 rings (SSSR count). The van der Waals surface area contributed by atoms with E-state index in [-0.39, 0.29) is 22.5 Å². The normalized spacial score (nSPS) is 38.5. The van der Waals surface area contributed by atoms with E-state index in [9.17, 15) is 30.1 Å². The summed E-state index contributed by atoms with van der Waals surface area (Å²) in [5.74, 6) is 1.67. The number of aliphatic hydroxyl groups is 1. The molecule has 0 radical (unpaired) electrons. The summed E-state index contributed by atoms with van der Waals surface area (Å²) in [6.07, 6.45) is 9.03. The van der Waals surface area contributed by atoms with Crippen molar-refractivity contribution >= 4 is 23.0 Å². The standard InChI is InChI=1S/C26H34N4O6/c1-25-9-7-19(31)13-16(25)3-4-20-21-5-6-23(26(21,2)10-8-22(20)25)27-28-24(32)15-11-17(29(33)34)14-18(12-15)30(35)36/h11-12,14,16,19-22,31H,3-10,13H2,1-2H3,(H,28,32)/t16-,19-,20+,21+,22+,25-,26-/m0/s1. The lowest BCUT2D eigenvalue weighted by atomic mass is 9.45. The van der Waals surface area contributed by atoms with E-state index < -0.39 is 27.1 Å². The summed E-state index contributed by atoms with van der Waals surface area (Å²) in [5.41, 5.74) is 2.49. The molecule has 4 fully saturated rings. The summed E-state index contributed by atoms with van der Waals surface area (Å²) >= 11 is 0. The van der Waals surface area contributed by atoms with Crippen LogP contribution in [0.1, 0.15) is 82.0 Å². The molecule has 2 N–H and O–H groups in total. The number of benzene rings is 1. The van der Waals surface area contributed by atoms with Crippen molar-refractivity contribution in [3.05, 3.63) is 44.0 Å². The van der Waals surface area contributed by atoms with Crippen LogP contribution in [0.15, 0.2) is 23.3 Å². The Morgan fingerprint density at radius 2 is 1.69 bits per heavy atom. The van der Waals surface area contributed by atoms with Crippen LogP contribution in [0.2, 0.25) is 0 Å². The average molecular weight is 499 g/mol. The van der Waals surface area contributed by atoms with E-state index in [0.717, 1.165) is 75.3 Å². The Morgan fingerprint density at radius 1 is 1.00 bits per heavy atom. The molecule has 0 saturated heterocycles. The predicted octanol–water partition coefficient (Wildman–Crippen LogP) is 4.99. The van der Waals surface area contributed by atoms with E-state index in [4.69, 9.17) is 0 Å². The van der Waals surface area contributed by atoms with Crippen LogP contribution < -0.4 is 5.43 Å². The van der Waals surface area contributed by atoms with Gasteiger partial charge < -0.3 is 5.11 Å². The number of amides is 1. The van der Waals surface area contributed by atoms with Crippen molar-refractivity contribution < 1.29 is 19.7 Å². The Balaban J connectivity index is 1.34. The molecule has 0 unspecified atom stereocenters. The molecule has 10 nitrogen and oxygen atoms in total. The minimum atomic E-state index is -0.751. The number of nitrogens with one attached hydrogen (secondary N) is 1. The first kappa shape index (κ1) is 24.8. The maximum Gasteiger partial charge on any atom is 0.277 e. The number of aliphatic hydroxyl groups excluding tert-OH is 1. The molecule has 1 aromatic rings. The molecule has 36 heavy (non-hydrogen) atoms. The quantitative estimate of drug-likeness (QED) is 0.441. The molecule has 4 saturated carbocycles. The smallest absolute Gasteiger partial charge is 0.277 e. The summed E-state index contributed by atoms with van der Waals surface area (Å²) in [6, 6.07) is 2.91. The number of non-ortho nitro benzene ring substituents is 2. The van der Waals surface area contributed by atoms with E-state index in [1.54, 1.807) is 0 Å². The number of nitro benzene ring substituents is 2. The third kappa shape index (κ3) is 3.99. The van der Waals surface area contributed by atoms with Gasteiger partial charge in [-0.15, -0.1) is 0 Å². The van der Waals surface area contributed by atoms with Gasteiger partial charge in [-0.05, 0) is 86.9 Å². The van der Waals surface area contributed by atoms with Gasteiger partial charge in [-0.25, -0.2) is 5.43 Å². The average Bonchev–Trinajstić information content (AvgIpc) is 3.18. The Kier molecular flexibility index (Phi) is 6.13. The van der Waals surface area contributed by atoms with Crippen LogP contribution in [0.3, 0.4) is 0 Å². The molecule has 1 aromatic carbocycles. The van der Waals surface area contributed by atoms with Gasteiger partial charge in [0.1, 0.15) is 0 Å². The summed E-state index contributed by atoms with van der Waals surface area (Å²) in [6.45, 7) is 4.70. The molecule has 0 spiro atoms. The molecular formula is C26H34N4O6. The fourth-order valence-electron chi connectivity index (χ4n) is 8.33. The van der Waals surface area contributed by atoms with Gasteiger partial charge in [0.25, 0.3) is 17.3 Å². The zero-order valence-electron chi connectivity index (χ0n) is 20.8. The summed E-state index contributed by atoms with van der Waals surface area (Å²) in [7, 11) is 0. The maximum absolute atomic E-state index is 12.8. The van der Waals surface area contributed by atoms with Gasteiger partial charge in [-0.2, -0.15) is 5.10 Å². The van der Waals surface area contributed by atoms with Crippen LogP contribution >= 0.6 is 0 Å². The Labute approximate surface area is 209 Å². The van der Waals surface area contributed by atoms with Crippen molar-refractivity contribution in [2.24, 2.45) is 39.6 Å². The third-order valence-corrected chi connectivity index (χ3v) is 10.3. The van der Waals surface area contributed by atoms with E-state index >= 15 is 0 Å². The van der Waals surface area contributed by atoms with Crippen molar-refractivity contribution in [2.45, 2.75) is 77.7 Å². The lowest BCUT2D eigenvalue weighted by Crippen LogP contribution is -2.54. The highest BCUT2D eigenvalue weighted by Crippen LogP contribution is 2.65. The second-order valence-corrected chi connectivity index (χ2v) is 11.8. The second kappa shape index (κ2) is 8.90. The largest absolute Gasteiger partial charge is 0.393 e. The lowest BCUT2D eigenvalue weighted by molar-refractivity contribution is -0.394. The summed E-state index contributed by atoms with van der Waals surface area (Å²) < 4.78 is 0. The van der Waals surface area contributed by atoms with Gasteiger partial charge in [0, 0.05) is 23.3 Å². The van der Waals surface area contributed by atoms with E-state index in [0.29, 0.717) is 23.7 Å². The van der Waals surface area contributed by atoms with Gasteiger partial charge >= 0.3 is 0 Å². The van der Waals surface area contributed by atoms with Crippen LogP contribution in [-0.4, -0.2) is 32.7 Å². The molecule has 194 valence electrons. The van der Waals surface area contributed by atoms with Crippen LogP contribution in [-0.2, 0) is 0 Å². The molecule has 10 heteroatoms. The Morgan fingerprint density at radius 3 is 2.36 bits per heavy atom. The number of nitrogens with zero attached hydrogens (tertiary/aromatic N) is 3. The zero-order chi connectivity index (χ0) is 25.8. The topological polar surface area (TPSA) is 148 Å². The molecule has 1 amide bonds. The summed E-state index contributed by atoms with van der Waals surface area (Å²) in [5, 5.41) is 37.1. The minimum absolute atomic E-state index is 0.111. The van der Waals surface area contributed by atoms with Crippen molar-refractivity contribution in [2.75, 3.05) is 0 Å². The zero-order valence-corrected chi connectivity index (χ0v) is 20.8. The van der Waals surface area contributed by atoms with E-state index in [1.165, 1.54) is 6.42 Å². The summed E-state index contributed by atoms with van der Waals surface area (Å²) in [4.78, 5) is 33.6. The van der Waals surface area contributed by atoms with Crippen molar-refractivity contribution in [3.8, 4) is 0 Å². The highest BCUT2D eigenvalue weighted by molar-refractivity contribution is 5.98. The lowest BCUT2D eigenvalue weighted by Gasteiger charge is -2.60. The van der Waals surface area contributed by atoms with Crippen molar-refractivity contribution in [1.29, 1.82) is 0 Å². The predicted molar refractivity (Wildman–Crippen MR) is 132 cm³/mol. The number of fused-ring (bicyclic) bond motifs is 5. The van der Waals surface area contributed by atoms with Crippen molar-refractivity contribution in [1.82, 2.24) is 5.43 Å². The monoisotopic (exact) mass is 498 g/mol. The SMILES string of the molecule is C[C@]12CC[C@H](O)C[C@@H]1CC[C@H]1[C@H]2CC[C@]2(C)C(=NNC(=O)c3cc([N+](=O)[O-])cc([N+](=O)[O-])c3)CC[C@H]12. The second-order valence-electron chi connectivity index (χ2n) is 11.8. The first-order chi connectivity index (χ1) is 17.0. The van der Waals surface area contributed by atoms with Crippen molar-refractivity contribution in [3.63, 3.8) is 0 Å². The minimum Gasteiger partial charge on any atom is -0.393 e. The number of carbonyl (C=O) groups excluding carboxylic acids is 1. The fourth-order valence-corrected chi connectivity index (χ4v) is 8.33. The fraction of sp³-hybridized carbons (Fsp3) is 0.692. The molecule has 0 aromatic heterocycles. The first-order valence-corrected chi connectivity index (χ1v) is 13.0. The van der Waals surface area contributed by atoms with Crippen LogP contribution in [0.5, 0.6) is 0 Å². The van der Waals surface area contributed by atoms with Crippen LogP contribution in [0.4, 0.5) is 11.4 Å². The first-order valence-electron chi connectivity index (χ1n) is 13.0. The van der Waals surface area contributed by atoms with Gasteiger partial charge in [0.2, 0.25) is 0 Å². The van der Waals surface area contributed by atoms with Gasteiger partial charge in [-0.1, -0.05) is 13.8 Å². The highest BCUT2D eigenvalue weighted by Gasteiger charge is 2.59. The number of hydrogen-bond donors (Lipinski definition) is 2. The molecule has 7 atom stereocenters. The highest BCUT2D eigenvalue weighted by atomic mass is 16.6. The number of nitro groups is 2. The molecular weight excluding hydrogens is 464 g/mol. The number of rotatable bonds is 4. The molecule has 4 aliphatic carbocycles. The molecule has 0 aliphatic heterocycles. The molecule has 0 bridgehead atoms. The Hall–Kier alpha value is -2.88. The Bertz CT molecular complexity index is 1110. The van der Waals surface area contributed by atoms with Gasteiger partial charge in [0.15, 0.2) is 0 Å². The number of hydrogen-bond acceptors (Lipinski definition) is 7. The van der Waals surface area contributed by atoms with Gasteiger partial charge in [-0.3, -0.25) is 25.0 Å². The number of hydrazone groups is 1. The molecule has 4 aliphatic rings. The maximum atomic E-state index is 12.8. The molecule has 0 heterocycles. The van der Waals surface area contributed by atoms with Gasteiger partial charge in [0.05, 0.1) is 27.6 Å². The third-order valence-electron chi connectivity index (χ3n) is 10.3.